The molecule has 1 aromatic carbocycles. The van der Waals surface area contributed by atoms with Crippen LogP contribution >= 0.6 is 0 Å². The number of nitrogens with zero attached hydrogens (tertiary/aromatic N) is 1. The van der Waals surface area contributed by atoms with Crippen LogP contribution in [0, 0.1) is 12.7 Å². The molecule has 4 heteroatoms. The maximum atomic E-state index is 13.5. The lowest BCUT2D eigenvalue weighted by Crippen LogP contribution is -2.05. The van der Waals surface area contributed by atoms with Crippen LogP contribution in [0.25, 0.3) is 0 Å². The minimum Gasteiger partial charge on any atom is -0.436 e. The molecule has 0 fully saturated rings. The van der Waals surface area contributed by atoms with Crippen molar-refractivity contribution in [3.8, 4) is 11.6 Å². The summed E-state index contributed by atoms with van der Waals surface area (Å²) in [5.41, 5.74) is 1.98. The van der Waals surface area contributed by atoms with Crippen LogP contribution in [-0.2, 0) is 6.54 Å². The number of nitrogens with one attached hydrogen (secondary N) is 1. The number of aryl methyl sites for hydroxylation is 1. The second-order valence-corrected chi connectivity index (χ2v) is 4.07. The van der Waals surface area contributed by atoms with E-state index in [0.29, 0.717) is 5.88 Å². The Bertz CT molecular complexity index is 543. The molecule has 1 N–H and O–H groups in total. The molecule has 0 aliphatic carbocycles. The number of halogens is 1. The van der Waals surface area contributed by atoms with Gasteiger partial charge >= 0.3 is 0 Å². The molecule has 18 heavy (non-hydrogen) atoms. The number of hydrogen-bond donors (Lipinski definition) is 1. The van der Waals surface area contributed by atoms with Crippen LogP contribution in [0.4, 0.5) is 4.39 Å². The average molecular weight is 246 g/mol. The van der Waals surface area contributed by atoms with Crippen molar-refractivity contribution in [2.45, 2.75) is 13.5 Å². The third-order valence-electron chi connectivity index (χ3n) is 2.48. The van der Waals surface area contributed by atoms with Gasteiger partial charge in [0.25, 0.3) is 0 Å². The lowest BCUT2D eigenvalue weighted by atomic mass is 10.2. The van der Waals surface area contributed by atoms with E-state index in [9.17, 15) is 4.39 Å². The Morgan fingerprint density at radius 2 is 2.11 bits per heavy atom. The normalized spacial score (nSPS) is 10.4. The molecule has 0 atom stereocenters. The Morgan fingerprint density at radius 1 is 1.28 bits per heavy atom. The first-order valence-corrected chi connectivity index (χ1v) is 5.72. The molecule has 2 aromatic rings. The Morgan fingerprint density at radius 3 is 2.89 bits per heavy atom. The first kappa shape index (κ1) is 12.5. The summed E-state index contributed by atoms with van der Waals surface area (Å²) in [6.45, 7) is 2.60. The quantitative estimate of drug-likeness (QED) is 0.900. The monoisotopic (exact) mass is 246 g/mol. The summed E-state index contributed by atoms with van der Waals surface area (Å²) >= 11 is 0. The second kappa shape index (κ2) is 5.60. The van der Waals surface area contributed by atoms with Crippen molar-refractivity contribution < 1.29 is 9.13 Å². The van der Waals surface area contributed by atoms with Crippen molar-refractivity contribution in [1.29, 1.82) is 0 Å². The zero-order valence-electron chi connectivity index (χ0n) is 10.4. The van der Waals surface area contributed by atoms with E-state index in [1.54, 1.807) is 24.4 Å². The van der Waals surface area contributed by atoms with Gasteiger partial charge in [-0.05, 0) is 43.3 Å². The Hall–Kier alpha value is -1.94. The summed E-state index contributed by atoms with van der Waals surface area (Å²) in [6.07, 6.45) is 1.65. The summed E-state index contributed by atoms with van der Waals surface area (Å²) in [4.78, 5) is 4.07. The molecule has 0 radical (unpaired) electrons. The molecule has 0 aliphatic heterocycles. The van der Waals surface area contributed by atoms with Crippen molar-refractivity contribution >= 4 is 0 Å². The van der Waals surface area contributed by atoms with Gasteiger partial charge in [-0.15, -0.1) is 0 Å². The van der Waals surface area contributed by atoms with E-state index < -0.39 is 0 Å². The summed E-state index contributed by atoms with van der Waals surface area (Å²) in [6, 6.07) is 8.42. The van der Waals surface area contributed by atoms with Gasteiger partial charge in [-0.25, -0.2) is 9.37 Å². The van der Waals surface area contributed by atoms with Gasteiger partial charge in [0.15, 0.2) is 11.6 Å². The van der Waals surface area contributed by atoms with Crippen LogP contribution in [0.1, 0.15) is 11.1 Å². The molecule has 3 nitrogen and oxygen atoms in total. The van der Waals surface area contributed by atoms with E-state index in [-0.39, 0.29) is 11.6 Å². The molecule has 0 spiro atoms. The SMILES string of the molecule is CNCc1ccnc(Oc2cc(C)ccc2F)c1. The first-order valence-electron chi connectivity index (χ1n) is 5.72. The van der Waals surface area contributed by atoms with Gasteiger partial charge in [0, 0.05) is 18.8 Å². The van der Waals surface area contributed by atoms with Crippen LogP contribution in [0.2, 0.25) is 0 Å². The highest BCUT2D eigenvalue weighted by Gasteiger charge is 2.06. The highest BCUT2D eigenvalue weighted by atomic mass is 19.1. The largest absolute Gasteiger partial charge is 0.436 e. The summed E-state index contributed by atoms with van der Waals surface area (Å²) in [5, 5.41) is 3.04. The molecule has 0 amide bonds. The van der Waals surface area contributed by atoms with Crippen LogP contribution in [0.15, 0.2) is 36.5 Å². The number of aromatic nitrogens is 1. The van der Waals surface area contributed by atoms with E-state index in [0.717, 1.165) is 17.7 Å². The van der Waals surface area contributed by atoms with Gasteiger partial charge in [0.1, 0.15) is 0 Å². The molecule has 0 saturated carbocycles. The molecule has 0 unspecified atom stereocenters. The van der Waals surface area contributed by atoms with E-state index in [1.165, 1.54) is 6.07 Å². The molecule has 1 aromatic heterocycles. The van der Waals surface area contributed by atoms with Gasteiger partial charge in [-0.1, -0.05) is 6.07 Å². The Kier molecular flexibility index (Phi) is 3.89. The van der Waals surface area contributed by atoms with E-state index >= 15 is 0 Å². The molecule has 2 rings (SSSR count). The van der Waals surface area contributed by atoms with Crippen molar-refractivity contribution in [3.63, 3.8) is 0 Å². The van der Waals surface area contributed by atoms with E-state index in [4.69, 9.17) is 4.74 Å². The standard InChI is InChI=1S/C14H15FN2O/c1-10-3-4-12(15)13(7-10)18-14-8-11(9-16-2)5-6-17-14/h3-8,16H,9H2,1-2H3. The van der Waals surface area contributed by atoms with Gasteiger partial charge in [-0.3, -0.25) is 0 Å². The third kappa shape index (κ3) is 3.05. The number of ether oxygens (including phenoxy) is 1. The molecular formula is C14H15FN2O. The molecule has 0 aliphatic rings. The summed E-state index contributed by atoms with van der Waals surface area (Å²) in [7, 11) is 1.86. The Labute approximate surface area is 106 Å². The third-order valence-corrected chi connectivity index (χ3v) is 2.48. The molecule has 94 valence electrons. The lowest BCUT2D eigenvalue weighted by Gasteiger charge is -2.08. The van der Waals surface area contributed by atoms with E-state index in [1.807, 2.05) is 20.0 Å². The van der Waals surface area contributed by atoms with Crippen molar-refractivity contribution in [1.82, 2.24) is 10.3 Å². The maximum Gasteiger partial charge on any atom is 0.219 e. The summed E-state index contributed by atoms with van der Waals surface area (Å²) < 4.78 is 19.0. The van der Waals surface area contributed by atoms with Crippen LogP contribution in [0.3, 0.4) is 0 Å². The number of benzene rings is 1. The lowest BCUT2D eigenvalue weighted by molar-refractivity contribution is 0.426. The molecule has 0 bridgehead atoms. The fraction of sp³-hybridized carbons (Fsp3) is 0.214. The predicted molar refractivity (Wildman–Crippen MR) is 68.2 cm³/mol. The topological polar surface area (TPSA) is 34.2 Å². The minimum atomic E-state index is -0.388. The smallest absolute Gasteiger partial charge is 0.219 e. The predicted octanol–water partition coefficient (Wildman–Crippen LogP) is 3.04. The maximum absolute atomic E-state index is 13.5. The molecular weight excluding hydrogens is 231 g/mol. The highest BCUT2D eigenvalue weighted by molar-refractivity contribution is 5.33. The zero-order chi connectivity index (χ0) is 13.0. The zero-order valence-corrected chi connectivity index (χ0v) is 10.4. The Balaban J connectivity index is 2.22. The summed E-state index contributed by atoms with van der Waals surface area (Å²) in [5.74, 6) is 0.206. The molecule has 0 saturated heterocycles. The second-order valence-electron chi connectivity index (χ2n) is 4.07. The molecule has 1 heterocycles. The van der Waals surface area contributed by atoms with E-state index in [2.05, 4.69) is 10.3 Å². The number of hydrogen-bond acceptors (Lipinski definition) is 3. The average Bonchev–Trinajstić information content (AvgIpc) is 2.35. The fourth-order valence-corrected chi connectivity index (χ4v) is 1.62. The fourth-order valence-electron chi connectivity index (χ4n) is 1.62. The van der Waals surface area contributed by atoms with Gasteiger partial charge in [0.2, 0.25) is 5.88 Å². The van der Waals surface area contributed by atoms with Crippen LogP contribution in [0.5, 0.6) is 11.6 Å². The van der Waals surface area contributed by atoms with Crippen molar-refractivity contribution in [2.75, 3.05) is 7.05 Å². The number of rotatable bonds is 4. The van der Waals surface area contributed by atoms with Crippen LogP contribution < -0.4 is 10.1 Å². The van der Waals surface area contributed by atoms with Gasteiger partial charge < -0.3 is 10.1 Å². The number of pyridine rings is 1. The van der Waals surface area contributed by atoms with Gasteiger partial charge in [-0.2, -0.15) is 0 Å². The van der Waals surface area contributed by atoms with Gasteiger partial charge in [0.05, 0.1) is 0 Å². The minimum absolute atomic E-state index is 0.198. The first-order chi connectivity index (χ1) is 8.69. The van der Waals surface area contributed by atoms with Crippen molar-refractivity contribution in [2.24, 2.45) is 0 Å². The highest BCUT2D eigenvalue weighted by Crippen LogP contribution is 2.24. The van der Waals surface area contributed by atoms with Crippen LogP contribution in [-0.4, -0.2) is 12.0 Å². The van der Waals surface area contributed by atoms with Crippen molar-refractivity contribution in [3.05, 3.63) is 53.5 Å².